The molecule has 1 aliphatic heterocycles. The second kappa shape index (κ2) is 4.17. The fraction of sp³-hybridized carbons (Fsp3) is 0.875. The van der Waals surface area contributed by atoms with Crippen molar-refractivity contribution in [3.05, 3.63) is 0 Å². The Balaban J connectivity index is 2.59. The molecule has 0 unspecified atom stereocenters. The van der Waals surface area contributed by atoms with Crippen molar-refractivity contribution in [3.8, 4) is 0 Å². The zero-order valence-corrected chi connectivity index (χ0v) is 8.61. The van der Waals surface area contributed by atoms with Crippen molar-refractivity contribution >= 4 is 17.5 Å². The summed E-state index contributed by atoms with van der Waals surface area (Å²) in [4.78, 5) is 12.3. The largest absolute Gasteiger partial charge is 0.417 e. The van der Waals surface area contributed by atoms with Gasteiger partial charge in [0, 0.05) is 25.9 Å². The van der Waals surface area contributed by atoms with Crippen molar-refractivity contribution in [2.75, 3.05) is 19.0 Å². The third-order valence-corrected chi connectivity index (χ3v) is 2.81. The molecule has 0 aromatic carbocycles. The molecule has 0 bridgehead atoms. The normalized spacial score (nSPS) is 21.5. The number of hydrogen-bond donors (Lipinski definition) is 1. The van der Waals surface area contributed by atoms with Gasteiger partial charge in [0.2, 0.25) is 5.91 Å². The van der Waals surface area contributed by atoms with Crippen LogP contribution >= 0.6 is 11.6 Å². The second-order valence-corrected chi connectivity index (χ2v) is 3.81. The molecular formula is C8H11ClF3NO2. The van der Waals surface area contributed by atoms with Gasteiger partial charge in [-0.05, 0) is 0 Å². The molecular weight excluding hydrogens is 235 g/mol. The van der Waals surface area contributed by atoms with Crippen LogP contribution in [0.4, 0.5) is 13.2 Å². The lowest BCUT2D eigenvalue weighted by molar-refractivity contribution is -0.272. The molecule has 88 valence electrons. The van der Waals surface area contributed by atoms with Crippen molar-refractivity contribution < 1.29 is 23.1 Å². The molecule has 1 heterocycles. The van der Waals surface area contributed by atoms with E-state index in [-0.39, 0.29) is 19.0 Å². The van der Waals surface area contributed by atoms with Gasteiger partial charge >= 0.3 is 6.18 Å². The molecule has 15 heavy (non-hydrogen) atoms. The van der Waals surface area contributed by atoms with Gasteiger partial charge in [-0.2, -0.15) is 13.2 Å². The van der Waals surface area contributed by atoms with E-state index in [1.165, 1.54) is 4.90 Å². The van der Waals surface area contributed by atoms with Crippen LogP contribution in [0.3, 0.4) is 0 Å². The summed E-state index contributed by atoms with van der Waals surface area (Å²) < 4.78 is 37.1. The molecule has 3 nitrogen and oxygen atoms in total. The number of aliphatic hydroxyl groups is 1. The molecule has 0 radical (unpaired) electrons. The monoisotopic (exact) mass is 245 g/mol. The maximum Gasteiger partial charge on any atom is 0.417 e. The lowest BCUT2D eigenvalue weighted by Gasteiger charge is -2.38. The van der Waals surface area contributed by atoms with Gasteiger partial charge in [0.15, 0.2) is 5.60 Å². The van der Waals surface area contributed by atoms with Gasteiger partial charge in [-0.15, -0.1) is 11.6 Å². The van der Waals surface area contributed by atoms with Crippen molar-refractivity contribution in [1.82, 2.24) is 4.90 Å². The zero-order valence-electron chi connectivity index (χ0n) is 7.85. The molecule has 1 N–H and O–H groups in total. The highest BCUT2D eigenvalue weighted by Crippen LogP contribution is 2.38. The van der Waals surface area contributed by atoms with Crippen LogP contribution in [0.5, 0.6) is 0 Å². The summed E-state index contributed by atoms with van der Waals surface area (Å²) in [5.74, 6) is -0.648. The maximum absolute atomic E-state index is 12.4. The Labute approximate surface area is 89.8 Å². The quantitative estimate of drug-likeness (QED) is 0.704. The van der Waals surface area contributed by atoms with Gasteiger partial charge in [0.05, 0.1) is 0 Å². The minimum atomic E-state index is -4.64. The first-order valence-corrected chi connectivity index (χ1v) is 4.96. The van der Waals surface area contributed by atoms with Crippen molar-refractivity contribution in [1.29, 1.82) is 0 Å². The van der Waals surface area contributed by atoms with E-state index in [4.69, 9.17) is 11.6 Å². The number of hydrogen-bond acceptors (Lipinski definition) is 2. The van der Waals surface area contributed by atoms with Crippen LogP contribution in [0.25, 0.3) is 0 Å². The maximum atomic E-state index is 12.4. The third-order valence-electron chi connectivity index (χ3n) is 2.59. The molecule has 1 fully saturated rings. The van der Waals surface area contributed by atoms with E-state index < -0.39 is 30.5 Å². The molecule has 0 spiro atoms. The predicted octanol–water partition coefficient (Wildman–Crippen LogP) is 1.14. The fourth-order valence-corrected chi connectivity index (χ4v) is 1.66. The van der Waals surface area contributed by atoms with Gasteiger partial charge in [-0.3, -0.25) is 4.79 Å². The topological polar surface area (TPSA) is 40.5 Å². The molecule has 0 atom stereocenters. The lowest BCUT2D eigenvalue weighted by atomic mass is 9.91. The van der Waals surface area contributed by atoms with Crippen molar-refractivity contribution in [2.45, 2.75) is 24.6 Å². The van der Waals surface area contributed by atoms with Crippen molar-refractivity contribution in [2.24, 2.45) is 0 Å². The molecule has 0 aromatic heterocycles. The van der Waals surface area contributed by atoms with E-state index in [1.807, 2.05) is 0 Å². The van der Waals surface area contributed by atoms with E-state index in [9.17, 15) is 23.1 Å². The summed E-state index contributed by atoms with van der Waals surface area (Å²) in [6.45, 7) is -0.219. The molecule has 0 saturated carbocycles. The number of nitrogens with zero attached hydrogens (tertiary/aromatic N) is 1. The third kappa shape index (κ3) is 2.55. The Morgan fingerprint density at radius 2 is 1.87 bits per heavy atom. The van der Waals surface area contributed by atoms with Crippen LogP contribution < -0.4 is 0 Å². The van der Waals surface area contributed by atoms with E-state index in [1.54, 1.807) is 0 Å². The zero-order chi connectivity index (χ0) is 11.7. The average molecular weight is 246 g/mol. The first-order chi connectivity index (χ1) is 6.80. The highest BCUT2D eigenvalue weighted by atomic mass is 35.5. The number of amides is 1. The van der Waals surface area contributed by atoms with Gasteiger partial charge in [0.1, 0.15) is 5.88 Å². The van der Waals surface area contributed by atoms with Crippen molar-refractivity contribution in [3.63, 3.8) is 0 Å². The van der Waals surface area contributed by atoms with E-state index in [2.05, 4.69) is 0 Å². The van der Waals surface area contributed by atoms with Crippen LogP contribution in [-0.4, -0.2) is 46.7 Å². The highest BCUT2D eigenvalue weighted by molar-refractivity contribution is 6.27. The second-order valence-electron chi connectivity index (χ2n) is 3.54. The summed E-state index contributed by atoms with van der Waals surface area (Å²) in [5.41, 5.74) is -2.66. The standard InChI is InChI=1S/C8H11ClF3NO2/c9-5-6(14)13-3-1-7(15,2-4-13)8(10,11)12/h15H,1-5H2. The number of rotatable bonds is 1. The Hall–Kier alpha value is -0.490. The highest BCUT2D eigenvalue weighted by Gasteiger charge is 2.54. The molecule has 0 aliphatic carbocycles. The van der Waals surface area contributed by atoms with Gasteiger partial charge in [0.25, 0.3) is 0 Å². The molecule has 1 aliphatic rings. The number of carbonyl (C=O) groups excluding carboxylic acids is 1. The van der Waals surface area contributed by atoms with Crippen LogP contribution in [-0.2, 0) is 4.79 Å². The minimum absolute atomic E-state index is 0.110. The Kier molecular flexibility index (Phi) is 3.50. The first kappa shape index (κ1) is 12.6. The Morgan fingerprint density at radius 3 is 2.20 bits per heavy atom. The molecule has 7 heteroatoms. The first-order valence-electron chi connectivity index (χ1n) is 4.43. The van der Waals surface area contributed by atoms with Crippen LogP contribution in [0.1, 0.15) is 12.8 Å². The fourth-order valence-electron chi connectivity index (χ4n) is 1.49. The van der Waals surface area contributed by atoms with Gasteiger partial charge in [-0.1, -0.05) is 0 Å². The summed E-state index contributed by atoms with van der Waals surface area (Å²) >= 11 is 5.27. The van der Waals surface area contributed by atoms with E-state index >= 15 is 0 Å². The van der Waals surface area contributed by atoms with Crippen LogP contribution in [0, 0.1) is 0 Å². The van der Waals surface area contributed by atoms with E-state index in [0.29, 0.717) is 0 Å². The smallest absolute Gasteiger partial charge is 0.380 e. The summed E-state index contributed by atoms with van der Waals surface area (Å²) in [7, 11) is 0. The summed E-state index contributed by atoms with van der Waals surface area (Å²) in [6.07, 6.45) is -5.61. The predicted molar refractivity (Wildman–Crippen MR) is 47.5 cm³/mol. The lowest BCUT2D eigenvalue weighted by Crippen LogP contribution is -2.54. The SMILES string of the molecule is O=C(CCl)N1CCC(O)(C(F)(F)F)CC1. The number of likely N-dealkylation sites (tertiary alicyclic amines) is 1. The Morgan fingerprint density at radius 1 is 1.40 bits per heavy atom. The molecule has 0 aromatic rings. The minimum Gasteiger partial charge on any atom is -0.380 e. The summed E-state index contributed by atoms with van der Waals surface area (Å²) in [6, 6.07) is 0. The Bertz CT molecular complexity index is 249. The molecule has 1 rings (SSSR count). The number of alkyl halides is 4. The van der Waals surface area contributed by atoms with E-state index in [0.717, 1.165) is 0 Å². The summed E-state index contributed by atoms with van der Waals surface area (Å²) in [5, 5.41) is 9.28. The number of piperidine rings is 1. The van der Waals surface area contributed by atoms with Gasteiger partial charge < -0.3 is 10.0 Å². The molecule has 1 saturated heterocycles. The van der Waals surface area contributed by atoms with Crippen LogP contribution in [0.15, 0.2) is 0 Å². The van der Waals surface area contributed by atoms with Gasteiger partial charge in [-0.25, -0.2) is 0 Å². The average Bonchev–Trinajstić information content (AvgIpc) is 2.16. The number of carbonyl (C=O) groups is 1. The number of halogens is 4. The molecule has 1 amide bonds. The van der Waals surface area contributed by atoms with Crippen LogP contribution in [0.2, 0.25) is 0 Å².